The molecule has 1 aliphatic heterocycles. The van der Waals surface area contributed by atoms with E-state index in [9.17, 15) is 14.5 Å². The van der Waals surface area contributed by atoms with Gasteiger partial charge in [0.25, 0.3) is 5.69 Å². The van der Waals surface area contributed by atoms with E-state index in [0.29, 0.717) is 17.5 Å². The largest absolute Gasteiger partial charge is 0.378 e. The molecule has 0 radical (unpaired) electrons. The molecule has 1 aliphatic rings. The summed E-state index contributed by atoms with van der Waals surface area (Å²) in [5.41, 5.74) is 0.182. The van der Waals surface area contributed by atoms with Crippen LogP contribution in [0.25, 0.3) is 0 Å². The maximum absolute atomic E-state index is 13.0. The Morgan fingerprint density at radius 1 is 1.50 bits per heavy atom. The van der Waals surface area contributed by atoms with E-state index in [4.69, 9.17) is 0 Å². The number of hydrogen-bond acceptors (Lipinski definition) is 5. The minimum Gasteiger partial charge on any atom is -0.378 e. The number of hydrogen-bond donors (Lipinski definition) is 1. The Hall–Kier alpha value is -0.950. The average Bonchev–Trinajstić information content (AvgIpc) is 2.38. The Labute approximate surface area is 113 Å². The first-order chi connectivity index (χ1) is 8.66. The van der Waals surface area contributed by atoms with Crippen LogP contribution in [0.2, 0.25) is 0 Å². The maximum atomic E-state index is 13.0. The van der Waals surface area contributed by atoms with Crippen LogP contribution >= 0.6 is 23.5 Å². The molecule has 18 heavy (non-hydrogen) atoms. The Balaban J connectivity index is 2.01. The Kier molecular flexibility index (Phi) is 4.71. The molecule has 7 heteroatoms. The van der Waals surface area contributed by atoms with E-state index in [2.05, 4.69) is 5.32 Å². The number of halogens is 1. The first-order valence-corrected chi connectivity index (χ1v) is 7.74. The van der Waals surface area contributed by atoms with Crippen molar-refractivity contribution in [1.29, 1.82) is 0 Å². The SMILES string of the molecule is O=[N+]([O-])c1cc(F)ccc1NCC1CSCCS1. The number of nitrogens with one attached hydrogen (secondary N) is 1. The molecule has 1 aromatic carbocycles. The predicted molar refractivity (Wildman–Crippen MR) is 75.1 cm³/mol. The minimum absolute atomic E-state index is 0.205. The number of benzene rings is 1. The fraction of sp³-hybridized carbons (Fsp3) is 0.455. The summed E-state index contributed by atoms with van der Waals surface area (Å²) in [5, 5.41) is 14.3. The highest BCUT2D eigenvalue weighted by Crippen LogP contribution is 2.28. The molecule has 1 fully saturated rings. The van der Waals surface area contributed by atoms with Crippen LogP contribution in [0.5, 0.6) is 0 Å². The predicted octanol–water partition coefficient (Wildman–Crippen LogP) is 2.99. The van der Waals surface area contributed by atoms with Gasteiger partial charge in [-0.1, -0.05) is 0 Å². The van der Waals surface area contributed by atoms with Crippen LogP contribution in [0.3, 0.4) is 0 Å². The third-order valence-corrected chi connectivity index (χ3v) is 5.41. The van der Waals surface area contributed by atoms with Crippen LogP contribution in [0.15, 0.2) is 18.2 Å². The summed E-state index contributed by atoms with van der Waals surface area (Å²) in [6.07, 6.45) is 0. The fourth-order valence-corrected chi connectivity index (χ4v) is 4.30. The average molecular weight is 288 g/mol. The summed E-state index contributed by atoms with van der Waals surface area (Å²) >= 11 is 3.77. The fourth-order valence-electron chi connectivity index (χ4n) is 1.68. The van der Waals surface area contributed by atoms with Gasteiger partial charge < -0.3 is 5.32 Å². The van der Waals surface area contributed by atoms with Gasteiger partial charge in [-0.15, -0.1) is 0 Å². The third kappa shape index (κ3) is 3.52. The normalized spacial score (nSPS) is 19.5. The number of rotatable bonds is 4. The lowest BCUT2D eigenvalue weighted by molar-refractivity contribution is -0.384. The Bertz CT molecular complexity index is 439. The highest BCUT2D eigenvalue weighted by molar-refractivity contribution is 8.06. The van der Waals surface area contributed by atoms with Crippen molar-refractivity contribution in [1.82, 2.24) is 0 Å². The molecule has 0 saturated carbocycles. The van der Waals surface area contributed by atoms with Gasteiger partial charge in [-0.05, 0) is 12.1 Å². The van der Waals surface area contributed by atoms with E-state index in [-0.39, 0.29) is 5.69 Å². The summed E-state index contributed by atoms with van der Waals surface area (Å²) in [6.45, 7) is 0.671. The van der Waals surface area contributed by atoms with Crippen molar-refractivity contribution >= 4 is 34.9 Å². The van der Waals surface area contributed by atoms with Gasteiger partial charge in [0.15, 0.2) is 0 Å². The van der Waals surface area contributed by atoms with Gasteiger partial charge in [-0.3, -0.25) is 10.1 Å². The topological polar surface area (TPSA) is 55.2 Å². The molecule has 0 bridgehead atoms. The van der Waals surface area contributed by atoms with Crippen molar-refractivity contribution in [3.05, 3.63) is 34.1 Å². The van der Waals surface area contributed by atoms with Crippen LogP contribution in [0, 0.1) is 15.9 Å². The van der Waals surface area contributed by atoms with Gasteiger partial charge in [0.05, 0.1) is 11.0 Å². The summed E-state index contributed by atoms with van der Waals surface area (Å²) in [6, 6.07) is 3.61. The number of nitro benzene ring substituents is 1. The molecular weight excluding hydrogens is 275 g/mol. The van der Waals surface area contributed by atoms with Crippen molar-refractivity contribution in [3.8, 4) is 0 Å². The molecule has 1 unspecified atom stereocenters. The number of thioether (sulfide) groups is 2. The van der Waals surface area contributed by atoms with E-state index >= 15 is 0 Å². The zero-order valence-electron chi connectivity index (χ0n) is 9.60. The Morgan fingerprint density at radius 2 is 2.33 bits per heavy atom. The highest BCUT2D eigenvalue weighted by atomic mass is 32.2. The maximum Gasteiger partial charge on any atom is 0.295 e. The second-order valence-electron chi connectivity index (χ2n) is 3.87. The molecule has 98 valence electrons. The van der Waals surface area contributed by atoms with Gasteiger partial charge in [0, 0.05) is 29.1 Å². The highest BCUT2D eigenvalue weighted by Gasteiger charge is 2.18. The third-order valence-electron chi connectivity index (χ3n) is 2.56. The number of nitrogens with zero attached hydrogens (tertiary/aromatic N) is 1. The molecule has 1 atom stereocenters. The second kappa shape index (κ2) is 6.29. The Morgan fingerprint density at radius 3 is 3.00 bits per heavy atom. The molecule has 1 heterocycles. The molecule has 0 amide bonds. The molecule has 1 saturated heterocycles. The van der Waals surface area contributed by atoms with Gasteiger partial charge in [0.1, 0.15) is 11.5 Å². The van der Waals surface area contributed by atoms with Gasteiger partial charge in [-0.2, -0.15) is 23.5 Å². The van der Waals surface area contributed by atoms with Crippen LogP contribution in [0.1, 0.15) is 0 Å². The lowest BCUT2D eigenvalue weighted by Gasteiger charge is -2.21. The van der Waals surface area contributed by atoms with E-state index in [1.165, 1.54) is 12.1 Å². The minimum atomic E-state index is -0.588. The first-order valence-electron chi connectivity index (χ1n) is 5.54. The first kappa shape index (κ1) is 13.5. The molecule has 0 aliphatic carbocycles. The molecule has 1 N–H and O–H groups in total. The second-order valence-corrected chi connectivity index (χ2v) is 6.43. The van der Waals surface area contributed by atoms with E-state index in [1.807, 2.05) is 23.5 Å². The summed E-state index contributed by atoms with van der Waals surface area (Å²) in [4.78, 5) is 10.3. The van der Waals surface area contributed by atoms with E-state index in [1.54, 1.807) is 0 Å². The molecule has 4 nitrogen and oxygen atoms in total. The van der Waals surface area contributed by atoms with Gasteiger partial charge in [-0.25, -0.2) is 4.39 Å². The van der Waals surface area contributed by atoms with Crippen molar-refractivity contribution < 1.29 is 9.31 Å². The molecule has 2 rings (SSSR count). The zero-order chi connectivity index (χ0) is 13.0. The van der Waals surface area contributed by atoms with Crippen LogP contribution < -0.4 is 5.32 Å². The van der Waals surface area contributed by atoms with Crippen molar-refractivity contribution in [2.75, 3.05) is 29.1 Å². The van der Waals surface area contributed by atoms with Crippen LogP contribution in [0.4, 0.5) is 15.8 Å². The van der Waals surface area contributed by atoms with E-state index < -0.39 is 10.7 Å². The van der Waals surface area contributed by atoms with Gasteiger partial charge >= 0.3 is 0 Å². The number of nitro groups is 1. The molecule has 1 aromatic rings. The standard InChI is InChI=1S/C11H13FN2O2S2/c12-8-1-2-10(11(5-8)14(15)16)13-6-9-7-17-3-4-18-9/h1-2,5,9,13H,3-4,6-7H2. The summed E-state index contributed by atoms with van der Waals surface area (Å²) in [7, 11) is 0. The van der Waals surface area contributed by atoms with Crippen molar-refractivity contribution in [2.24, 2.45) is 0 Å². The van der Waals surface area contributed by atoms with Gasteiger partial charge in [0.2, 0.25) is 0 Å². The molecule has 0 spiro atoms. The van der Waals surface area contributed by atoms with Crippen molar-refractivity contribution in [2.45, 2.75) is 5.25 Å². The summed E-state index contributed by atoms with van der Waals surface area (Å²) < 4.78 is 13.0. The van der Waals surface area contributed by atoms with E-state index in [0.717, 1.165) is 23.3 Å². The quantitative estimate of drug-likeness (QED) is 0.682. The monoisotopic (exact) mass is 288 g/mol. The molecule has 0 aromatic heterocycles. The number of anilines is 1. The molecular formula is C11H13FN2O2S2. The lowest BCUT2D eigenvalue weighted by Crippen LogP contribution is -2.23. The van der Waals surface area contributed by atoms with Crippen LogP contribution in [-0.2, 0) is 0 Å². The van der Waals surface area contributed by atoms with Crippen molar-refractivity contribution in [3.63, 3.8) is 0 Å². The van der Waals surface area contributed by atoms with Crippen LogP contribution in [-0.4, -0.2) is 34.0 Å². The lowest BCUT2D eigenvalue weighted by atomic mass is 10.2. The summed E-state index contributed by atoms with van der Waals surface area (Å²) in [5.74, 6) is 2.74. The zero-order valence-corrected chi connectivity index (χ0v) is 11.2. The smallest absolute Gasteiger partial charge is 0.295 e.